The average Bonchev–Trinajstić information content (AvgIpc) is 2.77. The molecule has 0 heterocycles. The summed E-state index contributed by atoms with van der Waals surface area (Å²) in [6.07, 6.45) is 0. The van der Waals surface area contributed by atoms with Gasteiger partial charge >= 0.3 is 0 Å². The van der Waals surface area contributed by atoms with Gasteiger partial charge in [0.25, 0.3) is 5.91 Å². The van der Waals surface area contributed by atoms with Crippen LogP contribution in [0.15, 0.2) is 34.5 Å². The Balaban J connectivity index is 2.35. The molecule has 1 atom stereocenters. The smallest absolute Gasteiger partial charge is 0.258 e. The monoisotopic (exact) mass is 497 g/mol. The molecule has 1 amide bonds. The van der Waals surface area contributed by atoms with E-state index >= 15 is 0 Å². The molecule has 0 aromatic heterocycles. The number of carbonyl (C=O) groups excluding carboxylic acids is 2. The Labute approximate surface area is 202 Å². The van der Waals surface area contributed by atoms with Crippen molar-refractivity contribution in [1.82, 2.24) is 0 Å². The first kappa shape index (κ1) is 26.2. The molecule has 11 heteroatoms. The maximum atomic E-state index is 12.9. The van der Waals surface area contributed by atoms with Crippen LogP contribution in [0.5, 0.6) is 23.0 Å². The zero-order valence-corrected chi connectivity index (χ0v) is 20.4. The first-order valence-corrected chi connectivity index (χ1v) is 10.7. The summed E-state index contributed by atoms with van der Waals surface area (Å²) in [6.45, 7) is 5.56. The summed E-state index contributed by atoms with van der Waals surface area (Å²) in [7, 11) is 2.84. The van der Waals surface area contributed by atoms with Crippen molar-refractivity contribution in [2.24, 2.45) is 10.2 Å². The molecule has 0 aliphatic rings. The Bertz CT molecular complexity index is 1020. The number of hydrogen-bond acceptors (Lipinski definition) is 8. The SMILES string of the molecule is CCOc1cc(NC(=O)C(N=Nc2ccc(Cl)c(OC)c2OC)C(C)=O)cc(OCC)c1Cl. The topological polar surface area (TPSA) is 108 Å². The van der Waals surface area contributed by atoms with E-state index in [1.165, 1.54) is 39.3 Å². The summed E-state index contributed by atoms with van der Waals surface area (Å²) in [6, 6.07) is 4.72. The summed E-state index contributed by atoms with van der Waals surface area (Å²) in [5, 5.41) is 11.2. The first-order chi connectivity index (χ1) is 15.8. The van der Waals surface area contributed by atoms with E-state index in [1.54, 1.807) is 19.9 Å². The van der Waals surface area contributed by atoms with E-state index in [1.807, 2.05) is 0 Å². The Hall–Kier alpha value is -3.04. The number of nitrogens with one attached hydrogen (secondary N) is 1. The van der Waals surface area contributed by atoms with E-state index < -0.39 is 17.7 Å². The van der Waals surface area contributed by atoms with E-state index in [-0.39, 0.29) is 22.2 Å². The summed E-state index contributed by atoms with van der Waals surface area (Å²) >= 11 is 12.4. The van der Waals surface area contributed by atoms with Crippen molar-refractivity contribution in [2.45, 2.75) is 26.8 Å². The number of ether oxygens (including phenoxy) is 4. The van der Waals surface area contributed by atoms with Gasteiger partial charge in [0.05, 0.1) is 32.5 Å². The molecule has 2 aromatic carbocycles. The number of halogens is 2. The van der Waals surface area contributed by atoms with E-state index in [2.05, 4.69) is 15.5 Å². The number of hydrogen-bond donors (Lipinski definition) is 1. The summed E-state index contributed by atoms with van der Waals surface area (Å²) in [4.78, 5) is 25.0. The number of amides is 1. The lowest BCUT2D eigenvalue weighted by Gasteiger charge is -2.15. The third-order valence-corrected chi connectivity index (χ3v) is 4.91. The zero-order valence-electron chi connectivity index (χ0n) is 18.9. The molecule has 1 unspecified atom stereocenters. The predicted molar refractivity (Wildman–Crippen MR) is 126 cm³/mol. The van der Waals surface area contributed by atoms with Crippen LogP contribution in [0.3, 0.4) is 0 Å². The van der Waals surface area contributed by atoms with Gasteiger partial charge in [-0.05, 0) is 32.9 Å². The molecule has 2 rings (SSSR count). The van der Waals surface area contributed by atoms with Gasteiger partial charge in [-0.25, -0.2) is 0 Å². The number of azo groups is 1. The lowest BCUT2D eigenvalue weighted by Crippen LogP contribution is -2.31. The van der Waals surface area contributed by atoms with Crippen molar-refractivity contribution in [3.05, 3.63) is 34.3 Å². The van der Waals surface area contributed by atoms with Gasteiger partial charge in [0.15, 0.2) is 17.3 Å². The molecule has 1 N–H and O–H groups in total. The summed E-state index contributed by atoms with van der Waals surface area (Å²) in [5.74, 6) is -0.0678. The summed E-state index contributed by atoms with van der Waals surface area (Å²) < 4.78 is 21.5. The third kappa shape index (κ3) is 6.49. The fraction of sp³-hybridized carbons (Fsp3) is 0.364. The second kappa shape index (κ2) is 12.3. The largest absolute Gasteiger partial charge is 0.492 e. The highest BCUT2D eigenvalue weighted by Crippen LogP contribution is 2.42. The molecule has 0 aliphatic carbocycles. The first-order valence-electron chi connectivity index (χ1n) is 9.99. The van der Waals surface area contributed by atoms with Gasteiger partial charge in [-0.1, -0.05) is 23.2 Å². The van der Waals surface area contributed by atoms with Gasteiger partial charge in [-0.2, -0.15) is 10.2 Å². The van der Waals surface area contributed by atoms with E-state index in [4.69, 9.17) is 42.1 Å². The second-order valence-electron chi connectivity index (χ2n) is 6.50. The Kier molecular flexibility index (Phi) is 9.74. The van der Waals surface area contributed by atoms with Crippen LogP contribution in [-0.4, -0.2) is 45.2 Å². The van der Waals surface area contributed by atoms with Crippen LogP contribution in [0.25, 0.3) is 0 Å². The van der Waals surface area contributed by atoms with Gasteiger partial charge in [0.2, 0.25) is 6.04 Å². The van der Waals surface area contributed by atoms with Crippen molar-refractivity contribution in [2.75, 3.05) is 32.8 Å². The quantitative estimate of drug-likeness (QED) is 0.324. The molecule has 0 saturated heterocycles. The minimum Gasteiger partial charge on any atom is -0.492 e. The van der Waals surface area contributed by atoms with Crippen LogP contribution in [0.2, 0.25) is 10.0 Å². The van der Waals surface area contributed by atoms with Crippen LogP contribution >= 0.6 is 23.2 Å². The molecule has 0 fully saturated rings. The van der Waals surface area contributed by atoms with Crippen LogP contribution < -0.4 is 24.3 Å². The standard InChI is InChI=1S/C22H25Cl2N3O6/c1-6-32-16-10-13(11-17(18(16)24)33-7-2)25-22(29)19(12(3)28)27-26-15-9-8-14(23)20(30-4)21(15)31-5/h8-11,19H,6-7H2,1-5H3,(H,25,29). The van der Waals surface area contributed by atoms with Crippen molar-refractivity contribution < 1.29 is 28.5 Å². The van der Waals surface area contributed by atoms with Gasteiger partial charge in [-0.15, -0.1) is 0 Å². The predicted octanol–water partition coefficient (Wildman–Crippen LogP) is 5.49. The van der Waals surface area contributed by atoms with Gasteiger partial charge in [0.1, 0.15) is 22.2 Å². The maximum absolute atomic E-state index is 12.9. The van der Waals surface area contributed by atoms with Gasteiger partial charge in [0, 0.05) is 17.8 Å². The maximum Gasteiger partial charge on any atom is 0.258 e. The van der Waals surface area contributed by atoms with E-state index in [0.29, 0.717) is 35.4 Å². The molecule has 0 radical (unpaired) electrons. The van der Waals surface area contributed by atoms with Crippen LogP contribution in [0.4, 0.5) is 11.4 Å². The fourth-order valence-electron chi connectivity index (χ4n) is 2.81. The molecule has 9 nitrogen and oxygen atoms in total. The third-order valence-electron chi connectivity index (χ3n) is 4.24. The zero-order chi connectivity index (χ0) is 24.5. The Morgan fingerprint density at radius 3 is 2.06 bits per heavy atom. The highest BCUT2D eigenvalue weighted by Gasteiger charge is 2.25. The second-order valence-corrected chi connectivity index (χ2v) is 7.29. The van der Waals surface area contributed by atoms with Crippen molar-refractivity contribution in [3.8, 4) is 23.0 Å². The molecule has 33 heavy (non-hydrogen) atoms. The van der Waals surface area contributed by atoms with Crippen LogP contribution in [0, 0.1) is 0 Å². The number of nitrogens with zero attached hydrogens (tertiary/aromatic N) is 2. The van der Waals surface area contributed by atoms with Crippen molar-refractivity contribution >= 4 is 46.3 Å². The molecule has 178 valence electrons. The highest BCUT2D eigenvalue weighted by atomic mass is 35.5. The molecule has 0 spiro atoms. The Morgan fingerprint density at radius 1 is 1.00 bits per heavy atom. The minimum absolute atomic E-state index is 0.219. The number of methoxy groups -OCH3 is 2. The molecule has 0 saturated carbocycles. The molecular weight excluding hydrogens is 473 g/mol. The summed E-state index contributed by atoms with van der Waals surface area (Å²) in [5.41, 5.74) is 0.560. The van der Waals surface area contributed by atoms with Crippen molar-refractivity contribution in [1.29, 1.82) is 0 Å². The molecular formula is C22H25Cl2N3O6. The molecule has 0 aliphatic heterocycles. The van der Waals surface area contributed by atoms with Crippen molar-refractivity contribution in [3.63, 3.8) is 0 Å². The Morgan fingerprint density at radius 2 is 1.58 bits per heavy atom. The average molecular weight is 498 g/mol. The van der Waals surface area contributed by atoms with E-state index in [0.717, 1.165) is 0 Å². The molecule has 2 aromatic rings. The lowest BCUT2D eigenvalue weighted by molar-refractivity contribution is -0.126. The molecule has 0 bridgehead atoms. The number of rotatable bonds is 11. The lowest BCUT2D eigenvalue weighted by atomic mass is 10.2. The number of carbonyl (C=O) groups is 2. The number of Topliss-reactive ketones (excluding diaryl/α,β-unsaturated/α-hetero) is 1. The fourth-order valence-corrected chi connectivity index (χ4v) is 3.25. The normalized spacial score (nSPS) is 11.7. The number of ketones is 1. The van der Waals surface area contributed by atoms with Crippen LogP contribution in [0.1, 0.15) is 20.8 Å². The van der Waals surface area contributed by atoms with E-state index in [9.17, 15) is 9.59 Å². The number of benzene rings is 2. The van der Waals surface area contributed by atoms with Crippen LogP contribution in [-0.2, 0) is 9.59 Å². The number of anilines is 1. The minimum atomic E-state index is -1.42. The highest BCUT2D eigenvalue weighted by molar-refractivity contribution is 6.33. The van der Waals surface area contributed by atoms with Gasteiger partial charge < -0.3 is 24.3 Å². The van der Waals surface area contributed by atoms with Gasteiger partial charge in [-0.3, -0.25) is 9.59 Å².